The summed E-state index contributed by atoms with van der Waals surface area (Å²) in [4.78, 5) is 17.8. The van der Waals surface area contributed by atoms with Gasteiger partial charge in [0.2, 0.25) is 0 Å². The lowest BCUT2D eigenvalue weighted by atomic mass is 9.92. The smallest absolute Gasteiger partial charge is 0.416 e. The standard InChI is InChI=1S/C27H36F3N3O5/c1-26(2,3)23-14-24(33(32(23)4)15-18-7-6-11-36-18)31-25(34)19-13-17(27(28,29)30)8-9-20(19)38-16-22-21(35-5)10-12-37-22/h8-9,13-14,18,21-22H,6-7,10-12,15-16H2,1-5H3/t18-,21+,22-/m1/s1. The Morgan fingerprint density at radius 3 is 2.53 bits per heavy atom. The van der Waals surface area contributed by atoms with E-state index in [4.69, 9.17) is 18.9 Å². The first-order valence-corrected chi connectivity index (χ1v) is 12.8. The van der Waals surface area contributed by atoms with Gasteiger partial charge in [-0.2, -0.15) is 18.2 Å². The minimum Gasteiger partial charge on any atom is -0.490 e. The van der Waals surface area contributed by atoms with Gasteiger partial charge in [0.25, 0.3) is 5.91 Å². The van der Waals surface area contributed by atoms with E-state index in [1.54, 1.807) is 13.2 Å². The minimum atomic E-state index is -4.63. The number of carbonyl (C=O) groups excluding carboxylic acids is 1. The Balaban J connectivity index is 1.72. The highest BCUT2D eigenvalue weighted by Gasteiger charge is 2.33. The summed E-state index contributed by atoms with van der Waals surface area (Å²) in [5.41, 5.74) is -0.206. The summed E-state index contributed by atoms with van der Waals surface area (Å²) in [6, 6.07) is 4.65. The number of alkyl halides is 3. The molecule has 0 N–H and O–H groups in total. The third-order valence-corrected chi connectivity index (χ3v) is 7.02. The van der Waals surface area contributed by atoms with E-state index in [0.29, 0.717) is 31.7 Å². The largest absolute Gasteiger partial charge is 0.490 e. The summed E-state index contributed by atoms with van der Waals surface area (Å²) in [7, 11) is 3.45. The Morgan fingerprint density at radius 1 is 1.13 bits per heavy atom. The maximum atomic E-state index is 13.6. The molecule has 2 aliphatic rings. The summed E-state index contributed by atoms with van der Waals surface area (Å²) in [6.07, 6.45) is -2.72. The van der Waals surface area contributed by atoms with Gasteiger partial charge in [-0.15, -0.1) is 0 Å². The molecule has 1 amide bonds. The molecule has 3 heterocycles. The Bertz CT molecular complexity index is 1210. The van der Waals surface area contributed by atoms with Gasteiger partial charge in [0.05, 0.1) is 29.9 Å². The molecule has 0 aliphatic carbocycles. The number of halogens is 3. The van der Waals surface area contributed by atoms with Crippen LogP contribution in [0, 0.1) is 0 Å². The molecule has 0 radical (unpaired) electrons. The lowest BCUT2D eigenvalue weighted by Gasteiger charge is -2.21. The van der Waals surface area contributed by atoms with Crippen LogP contribution in [-0.2, 0) is 39.4 Å². The molecule has 38 heavy (non-hydrogen) atoms. The van der Waals surface area contributed by atoms with E-state index in [1.807, 2.05) is 37.2 Å². The van der Waals surface area contributed by atoms with Gasteiger partial charge >= 0.3 is 6.18 Å². The molecule has 1 aromatic heterocycles. The highest BCUT2D eigenvalue weighted by molar-refractivity contribution is 5.97. The Hall–Kier alpha value is -2.63. The van der Waals surface area contributed by atoms with Crippen LogP contribution in [0.4, 0.5) is 13.2 Å². The van der Waals surface area contributed by atoms with Gasteiger partial charge in [-0.05, 0) is 37.5 Å². The number of carbonyl (C=O) groups is 1. The lowest BCUT2D eigenvalue weighted by Crippen LogP contribution is -2.30. The van der Waals surface area contributed by atoms with Crippen LogP contribution in [0.2, 0.25) is 0 Å². The quantitative estimate of drug-likeness (QED) is 0.526. The second-order valence-corrected chi connectivity index (χ2v) is 10.8. The van der Waals surface area contributed by atoms with Crippen LogP contribution in [0.25, 0.3) is 0 Å². The second kappa shape index (κ2) is 11.2. The third-order valence-electron chi connectivity index (χ3n) is 7.02. The zero-order valence-corrected chi connectivity index (χ0v) is 22.5. The number of nitrogens with zero attached hydrogens (tertiary/aromatic N) is 3. The second-order valence-electron chi connectivity index (χ2n) is 10.8. The molecule has 8 nitrogen and oxygen atoms in total. The van der Waals surface area contributed by atoms with E-state index in [-0.39, 0.29) is 41.6 Å². The zero-order valence-electron chi connectivity index (χ0n) is 22.5. The van der Waals surface area contributed by atoms with E-state index in [9.17, 15) is 18.0 Å². The highest BCUT2D eigenvalue weighted by atomic mass is 19.4. The fourth-order valence-corrected chi connectivity index (χ4v) is 4.95. The third kappa shape index (κ3) is 6.32. The molecule has 0 saturated carbocycles. The van der Waals surface area contributed by atoms with Crippen molar-refractivity contribution in [1.29, 1.82) is 0 Å². The summed E-state index contributed by atoms with van der Waals surface area (Å²) < 4.78 is 67.1. The van der Waals surface area contributed by atoms with Crippen LogP contribution in [0.3, 0.4) is 0 Å². The van der Waals surface area contributed by atoms with Crippen molar-refractivity contribution in [2.24, 2.45) is 12.0 Å². The van der Waals surface area contributed by atoms with Gasteiger partial charge in [-0.3, -0.25) is 14.2 Å². The lowest BCUT2D eigenvalue weighted by molar-refractivity contribution is -0.137. The number of hydrogen-bond donors (Lipinski definition) is 0. The van der Waals surface area contributed by atoms with Gasteiger partial charge in [0.15, 0.2) is 5.49 Å². The fraction of sp³-hybridized carbons (Fsp3) is 0.630. The van der Waals surface area contributed by atoms with Crippen molar-refractivity contribution >= 4 is 5.91 Å². The summed E-state index contributed by atoms with van der Waals surface area (Å²) in [5, 5.41) is 0. The molecule has 11 heteroatoms. The number of ether oxygens (including phenoxy) is 4. The molecule has 0 bridgehead atoms. The van der Waals surface area contributed by atoms with Crippen molar-refractivity contribution in [3.05, 3.63) is 46.6 Å². The van der Waals surface area contributed by atoms with Crippen LogP contribution in [-0.4, -0.2) is 60.5 Å². The van der Waals surface area contributed by atoms with Crippen molar-refractivity contribution in [2.45, 2.75) is 76.5 Å². The van der Waals surface area contributed by atoms with Gasteiger partial charge < -0.3 is 18.9 Å². The topological polar surface area (TPSA) is 76.2 Å². The van der Waals surface area contributed by atoms with E-state index in [1.165, 1.54) is 0 Å². The normalized spacial score (nSPS) is 22.8. The first-order chi connectivity index (χ1) is 17.9. The average Bonchev–Trinajstić information content (AvgIpc) is 3.59. The van der Waals surface area contributed by atoms with Gasteiger partial charge in [-0.1, -0.05) is 20.8 Å². The van der Waals surface area contributed by atoms with Crippen LogP contribution in [0.5, 0.6) is 5.75 Å². The molecule has 2 aromatic rings. The molecular weight excluding hydrogens is 503 g/mol. The molecule has 4 rings (SSSR count). The SMILES string of the molecule is CO[C@H]1CCO[C@@H]1COc1ccc(C(F)(F)F)cc1C(=O)N=c1cc(C(C)(C)C)n(C)n1C[C@H]1CCCO1. The maximum Gasteiger partial charge on any atom is 0.416 e. The van der Waals surface area contributed by atoms with Gasteiger partial charge in [-0.25, -0.2) is 0 Å². The van der Waals surface area contributed by atoms with Gasteiger partial charge in [0.1, 0.15) is 18.5 Å². The average molecular weight is 540 g/mol. The molecule has 1 aromatic carbocycles. The van der Waals surface area contributed by atoms with Crippen molar-refractivity contribution < 1.29 is 36.9 Å². The monoisotopic (exact) mass is 539 g/mol. The minimum absolute atomic E-state index is 0.00903. The highest BCUT2D eigenvalue weighted by Crippen LogP contribution is 2.33. The molecular formula is C27H36F3N3O5. The first-order valence-electron chi connectivity index (χ1n) is 12.8. The Labute approximate surface area is 220 Å². The Morgan fingerprint density at radius 2 is 1.89 bits per heavy atom. The van der Waals surface area contributed by atoms with Crippen LogP contribution in [0.15, 0.2) is 29.3 Å². The van der Waals surface area contributed by atoms with E-state index >= 15 is 0 Å². The number of benzene rings is 1. The van der Waals surface area contributed by atoms with E-state index in [2.05, 4.69) is 4.99 Å². The van der Waals surface area contributed by atoms with Crippen LogP contribution < -0.4 is 10.2 Å². The molecule has 0 spiro atoms. The number of hydrogen-bond acceptors (Lipinski definition) is 5. The fourth-order valence-electron chi connectivity index (χ4n) is 4.95. The zero-order chi connectivity index (χ0) is 27.7. The molecule has 210 valence electrons. The van der Waals surface area contributed by atoms with Crippen LogP contribution in [0.1, 0.15) is 61.6 Å². The predicted octanol–water partition coefficient (Wildman–Crippen LogP) is 4.25. The molecule has 2 aliphatic heterocycles. The van der Waals surface area contributed by atoms with Crippen molar-refractivity contribution in [2.75, 3.05) is 26.9 Å². The molecule has 2 saturated heterocycles. The maximum absolute atomic E-state index is 13.6. The first kappa shape index (κ1) is 28.4. The van der Waals surface area contributed by atoms with Crippen molar-refractivity contribution in [3.8, 4) is 5.75 Å². The Kier molecular flexibility index (Phi) is 8.39. The number of methoxy groups -OCH3 is 1. The molecule has 0 unspecified atom stereocenters. The number of amides is 1. The molecule has 2 fully saturated rings. The van der Waals surface area contributed by atoms with Crippen LogP contribution >= 0.6 is 0 Å². The van der Waals surface area contributed by atoms with Crippen molar-refractivity contribution in [3.63, 3.8) is 0 Å². The molecule has 3 atom stereocenters. The predicted molar refractivity (Wildman–Crippen MR) is 133 cm³/mol. The summed E-state index contributed by atoms with van der Waals surface area (Å²) in [6.45, 7) is 7.80. The number of aromatic nitrogens is 2. The van der Waals surface area contributed by atoms with Gasteiger partial charge in [0, 0.05) is 44.5 Å². The summed E-state index contributed by atoms with van der Waals surface area (Å²) >= 11 is 0. The van der Waals surface area contributed by atoms with E-state index in [0.717, 1.165) is 36.7 Å². The van der Waals surface area contributed by atoms with E-state index < -0.39 is 17.6 Å². The summed E-state index contributed by atoms with van der Waals surface area (Å²) in [5.74, 6) is -0.816. The number of rotatable bonds is 7. The van der Waals surface area contributed by atoms with Crippen molar-refractivity contribution in [1.82, 2.24) is 9.36 Å².